The van der Waals surface area contributed by atoms with E-state index in [0.717, 1.165) is 49.1 Å². The van der Waals surface area contributed by atoms with Crippen LogP contribution in [-0.2, 0) is 11.3 Å². The van der Waals surface area contributed by atoms with Gasteiger partial charge in [0.1, 0.15) is 0 Å². The van der Waals surface area contributed by atoms with E-state index < -0.39 is 0 Å². The van der Waals surface area contributed by atoms with E-state index in [1.54, 1.807) is 0 Å². The molecule has 1 heterocycles. The van der Waals surface area contributed by atoms with Crippen LogP contribution < -0.4 is 5.32 Å². The van der Waals surface area contributed by atoms with Crippen molar-refractivity contribution in [3.8, 4) is 0 Å². The van der Waals surface area contributed by atoms with E-state index in [4.69, 9.17) is 23.2 Å². The van der Waals surface area contributed by atoms with Crippen LogP contribution in [0.15, 0.2) is 60.7 Å². The van der Waals surface area contributed by atoms with E-state index >= 15 is 0 Å². The highest BCUT2D eigenvalue weighted by molar-refractivity contribution is 6.42. The van der Waals surface area contributed by atoms with Crippen molar-refractivity contribution in [2.45, 2.75) is 19.4 Å². The number of nitrogens with one attached hydrogen (secondary N) is 1. The van der Waals surface area contributed by atoms with Crippen molar-refractivity contribution < 1.29 is 4.79 Å². The summed E-state index contributed by atoms with van der Waals surface area (Å²) in [4.78, 5) is 15.0. The average Bonchev–Trinajstić information content (AvgIpc) is 2.71. The first-order valence-corrected chi connectivity index (χ1v) is 10.3. The van der Waals surface area contributed by atoms with Gasteiger partial charge in [0.15, 0.2) is 0 Å². The summed E-state index contributed by atoms with van der Waals surface area (Å²) in [6.45, 7) is 2.63. The van der Waals surface area contributed by atoms with Gasteiger partial charge in [0.2, 0.25) is 5.91 Å². The Morgan fingerprint density at radius 3 is 2.43 bits per heavy atom. The van der Waals surface area contributed by atoms with Crippen molar-refractivity contribution in [3.63, 3.8) is 0 Å². The molecule has 0 unspecified atom stereocenters. The lowest BCUT2D eigenvalue weighted by Crippen LogP contribution is -2.37. The molecule has 4 rings (SSSR count). The van der Waals surface area contributed by atoms with Crippen LogP contribution in [0.2, 0.25) is 10.0 Å². The second-order valence-corrected chi connectivity index (χ2v) is 8.16. The van der Waals surface area contributed by atoms with E-state index in [1.165, 1.54) is 5.39 Å². The zero-order valence-corrected chi connectivity index (χ0v) is 17.0. The third kappa shape index (κ3) is 4.49. The number of hydrogen-bond donors (Lipinski definition) is 1. The lowest BCUT2D eigenvalue weighted by Gasteiger charge is -2.31. The van der Waals surface area contributed by atoms with Gasteiger partial charge in [0.05, 0.1) is 10.0 Å². The molecule has 1 fully saturated rings. The minimum absolute atomic E-state index is 0.0523. The van der Waals surface area contributed by atoms with E-state index in [1.807, 2.05) is 48.5 Å². The molecule has 0 aromatic heterocycles. The summed E-state index contributed by atoms with van der Waals surface area (Å²) in [6, 6.07) is 20.0. The predicted octanol–water partition coefficient (Wildman–Crippen LogP) is 6.00. The number of carbonyl (C=O) groups excluding carboxylic acids is 1. The van der Waals surface area contributed by atoms with Crippen molar-refractivity contribution in [1.29, 1.82) is 0 Å². The lowest BCUT2D eigenvalue weighted by atomic mass is 9.95. The molecule has 1 amide bonds. The van der Waals surface area contributed by atoms with Crippen LogP contribution in [0, 0.1) is 5.92 Å². The number of nitrogens with zero attached hydrogens (tertiary/aromatic N) is 1. The van der Waals surface area contributed by atoms with Gasteiger partial charge in [-0.2, -0.15) is 0 Å². The van der Waals surface area contributed by atoms with Gasteiger partial charge in [-0.05, 0) is 66.5 Å². The molecule has 28 heavy (non-hydrogen) atoms. The van der Waals surface area contributed by atoms with Gasteiger partial charge in [0.25, 0.3) is 0 Å². The number of rotatable bonds is 4. The van der Waals surface area contributed by atoms with Crippen LogP contribution in [-0.4, -0.2) is 23.9 Å². The number of anilines is 1. The predicted molar refractivity (Wildman–Crippen MR) is 117 cm³/mol. The second kappa shape index (κ2) is 8.52. The van der Waals surface area contributed by atoms with Gasteiger partial charge in [-0.1, -0.05) is 59.6 Å². The number of likely N-dealkylation sites (tertiary alicyclic amines) is 1. The maximum absolute atomic E-state index is 12.7. The van der Waals surface area contributed by atoms with Gasteiger partial charge in [-0.3, -0.25) is 9.69 Å². The summed E-state index contributed by atoms with van der Waals surface area (Å²) >= 11 is 12.1. The van der Waals surface area contributed by atoms with Crippen molar-refractivity contribution in [2.75, 3.05) is 18.4 Å². The van der Waals surface area contributed by atoms with E-state index in [0.29, 0.717) is 10.0 Å². The number of halogens is 2. The Kier molecular flexibility index (Phi) is 5.86. The van der Waals surface area contributed by atoms with Crippen LogP contribution in [0.5, 0.6) is 0 Å². The Morgan fingerprint density at radius 1 is 0.929 bits per heavy atom. The minimum atomic E-state index is 0.0523. The molecule has 0 atom stereocenters. The summed E-state index contributed by atoms with van der Waals surface area (Å²) in [5.74, 6) is 0.168. The SMILES string of the molecule is O=C(Nc1ccc2ccccc2c1)C1CCN(Cc2ccc(Cl)c(Cl)c2)CC1. The molecule has 3 aromatic carbocycles. The Labute approximate surface area is 175 Å². The summed E-state index contributed by atoms with van der Waals surface area (Å²) in [6.07, 6.45) is 1.72. The first kappa shape index (κ1) is 19.3. The monoisotopic (exact) mass is 412 g/mol. The molecule has 1 N–H and O–H groups in total. The van der Waals surface area contributed by atoms with Gasteiger partial charge < -0.3 is 5.32 Å². The summed E-state index contributed by atoms with van der Waals surface area (Å²) in [7, 11) is 0. The van der Waals surface area contributed by atoms with Crippen LogP contribution in [0.3, 0.4) is 0 Å². The number of carbonyl (C=O) groups is 1. The second-order valence-electron chi connectivity index (χ2n) is 7.35. The van der Waals surface area contributed by atoms with Crippen LogP contribution in [0.25, 0.3) is 10.8 Å². The lowest BCUT2D eigenvalue weighted by molar-refractivity contribution is -0.121. The molecule has 1 saturated heterocycles. The number of benzene rings is 3. The largest absolute Gasteiger partial charge is 0.326 e. The van der Waals surface area contributed by atoms with Gasteiger partial charge in [-0.25, -0.2) is 0 Å². The van der Waals surface area contributed by atoms with Crippen molar-refractivity contribution in [1.82, 2.24) is 4.90 Å². The zero-order valence-electron chi connectivity index (χ0n) is 15.5. The molecule has 1 aliphatic rings. The first-order valence-electron chi connectivity index (χ1n) is 9.54. The quantitative estimate of drug-likeness (QED) is 0.569. The highest BCUT2D eigenvalue weighted by Crippen LogP contribution is 2.26. The molecule has 3 aromatic rings. The Hall–Kier alpha value is -2.07. The molecular formula is C23H22Cl2N2O. The highest BCUT2D eigenvalue weighted by atomic mass is 35.5. The average molecular weight is 413 g/mol. The normalized spacial score (nSPS) is 15.6. The maximum atomic E-state index is 12.7. The molecular weight excluding hydrogens is 391 g/mol. The number of hydrogen-bond acceptors (Lipinski definition) is 2. The number of fused-ring (bicyclic) bond motifs is 1. The maximum Gasteiger partial charge on any atom is 0.227 e. The van der Waals surface area contributed by atoms with Crippen LogP contribution in [0.4, 0.5) is 5.69 Å². The molecule has 5 heteroatoms. The fourth-order valence-corrected chi connectivity index (χ4v) is 4.08. The van der Waals surface area contributed by atoms with Gasteiger partial charge in [-0.15, -0.1) is 0 Å². The van der Waals surface area contributed by atoms with Crippen molar-refractivity contribution in [3.05, 3.63) is 76.3 Å². The summed E-state index contributed by atoms with van der Waals surface area (Å²) in [5.41, 5.74) is 2.01. The third-order valence-corrected chi connectivity index (χ3v) is 6.10. The Bertz CT molecular complexity index is 997. The third-order valence-electron chi connectivity index (χ3n) is 5.37. The zero-order chi connectivity index (χ0) is 19.5. The van der Waals surface area contributed by atoms with Crippen LogP contribution >= 0.6 is 23.2 Å². The van der Waals surface area contributed by atoms with Crippen molar-refractivity contribution in [2.24, 2.45) is 5.92 Å². The molecule has 0 bridgehead atoms. The molecule has 0 spiro atoms. The summed E-state index contributed by atoms with van der Waals surface area (Å²) in [5, 5.41) is 6.57. The van der Waals surface area contributed by atoms with Crippen molar-refractivity contribution >= 4 is 45.6 Å². The topological polar surface area (TPSA) is 32.3 Å². The molecule has 0 saturated carbocycles. The van der Waals surface area contributed by atoms with E-state index in [2.05, 4.69) is 22.3 Å². The number of piperidine rings is 1. The Balaban J connectivity index is 1.32. The smallest absolute Gasteiger partial charge is 0.227 e. The Morgan fingerprint density at radius 2 is 1.68 bits per heavy atom. The van der Waals surface area contributed by atoms with Gasteiger partial charge >= 0.3 is 0 Å². The summed E-state index contributed by atoms with van der Waals surface area (Å²) < 4.78 is 0. The molecule has 3 nitrogen and oxygen atoms in total. The fourth-order valence-electron chi connectivity index (χ4n) is 3.76. The number of amides is 1. The molecule has 1 aliphatic heterocycles. The highest BCUT2D eigenvalue weighted by Gasteiger charge is 2.25. The molecule has 0 radical (unpaired) electrons. The molecule has 0 aliphatic carbocycles. The minimum Gasteiger partial charge on any atom is -0.326 e. The first-order chi connectivity index (χ1) is 13.6. The van der Waals surface area contributed by atoms with E-state index in [9.17, 15) is 4.79 Å². The van der Waals surface area contributed by atoms with Crippen LogP contribution in [0.1, 0.15) is 18.4 Å². The standard InChI is InChI=1S/C23H22Cl2N2O/c24-21-8-5-16(13-22(21)25)15-27-11-9-18(10-12-27)23(28)26-20-7-6-17-3-1-2-4-19(17)14-20/h1-8,13-14,18H,9-12,15H2,(H,26,28). The fraction of sp³-hybridized carbons (Fsp3) is 0.261. The van der Waals surface area contributed by atoms with Gasteiger partial charge in [0, 0.05) is 18.2 Å². The molecule has 144 valence electrons. The van der Waals surface area contributed by atoms with E-state index in [-0.39, 0.29) is 11.8 Å².